The number of halogens is 2. The standard InChI is InChI=1S/C34H47ClFN3O3/c1-41-32-13-12-25(22-33(32)42-2)34(15-17-38-18-20-39(21-19-38)26-8-4-3-5-9-26)14-7-16-37-30(24-34)31(40)23-27-28(35)10-6-11-29(27)36/h6,10-13,22,26,30,37H,3-5,7-9,14-21,23-24H2,1-2H3. The van der Waals surface area contributed by atoms with Crippen molar-refractivity contribution >= 4 is 17.4 Å². The Morgan fingerprint density at radius 2 is 1.79 bits per heavy atom. The summed E-state index contributed by atoms with van der Waals surface area (Å²) in [7, 11) is 3.32. The number of rotatable bonds is 10. The van der Waals surface area contributed by atoms with E-state index in [1.54, 1.807) is 26.4 Å². The number of methoxy groups -OCH3 is 2. The number of hydrogen-bond donors (Lipinski definition) is 1. The van der Waals surface area contributed by atoms with Crippen LogP contribution in [0.4, 0.5) is 4.39 Å². The van der Waals surface area contributed by atoms with Crippen LogP contribution in [0.2, 0.25) is 5.02 Å². The smallest absolute Gasteiger partial charge is 0.161 e. The van der Waals surface area contributed by atoms with Gasteiger partial charge in [-0.15, -0.1) is 0 Å². The number of piperazine rings is 1. The lowest BCUT2D eigenvalue weighted by atomic mass is 9.69. The van der Waals surface area contributed by atoms with E-state index < -0.39 is 5.82 Å². The van der Waals surface area contributed by atoms with E-state index in [1.807, 2.05) is 6.07 Å². The number of hydrogen-bond acceptors (Lipinski definition) is 6. The van der Waals surface area contributed by atoms with Gasteiger partial charge in [0, 0.05) is 49.2 Å². The Balaban J connectivity index is 1.35. The van der Waals surface area contributed by atoms with Crippen LogP contribution in [0.5, 0.6) is 11.5 Å². The molecule has 0 amide bonds. The van der Waals surface area contributed by atoms with Crippen LogP contribution in [0.1, 0.15) is 68.9 Å². The van der Waals surface area contributed by atoms with E-state index in [-0.39, 0.29) is 29.2 Å². The Hall–Kier alpha value is -2.19. The fourth-order valence-corrected chi connectivity index (χ4v) is 7.69. The topological polar surface area (TPSA) is 54.0 Å². The molecule has 2 atom stereocenters. The summed E-state index contributed by atoms with van der Waals surface area (Å²) in [6.45, 7) is 6.18. The fraction of sp³-hybridized carbons (Fsp3) is 0.618. The maximum Gasteiger partial charge on any atom is 0.161 e. The van der Waals surface area contributed by atoms with Gasteiger partial charge in [-0.3, -0.25) is 9.69 Å². The van der Waals surface area contributed by atoms with Crippen LogP contribution in [0.25, 0.3) is 0 Å². The monoisotopic (exact) mass is 599 g/mol. The molecule has 230 valence electrons. The van der Waals surface area contributed by atoms with Gasteiger partial charge in [-0.2, -0.15) is 0 Å². The van der Waals surface area contributed by atoms with Gasteiger partial charge in [-0.25, -0.2) is 4.39 Å². The first-order valence-electron chi connectivity index (χ1n) is 15.8. The van der Waals surface area contributed by atoms with Crippen molar-refractivity contribution in [1.29, 1.82) is 0 Å². The Morgan fingerprint density at radius 3 is 2.50 bits per heavy atom. The summed E-state index contributed by atoms with van der Waals surface area (Å²) in [4.78, 5) is 19.0. The summed E-state index contributed by atoms with van der Waals surface area (Å²) in [5.41, 5.74) is 1.22. The van der Waals surface area contributed by atoms with E-state index in [2.05, 4.69) is 27.2 Å². The highest BCUT2D eigenvalue weighted by molar-refractivity contribution is 6.31. The molecule has 1 aliphatic carbocycles. The minimum Gasteiger partial charge on any atom is -0.493 e. The van der Waals surface area contributed by atoms with Gasteiger partial charge in [0.15, 0.2) is 17.3 Å². The number of carbonyl (C=O) groups is 1. The molecule has 2 unspecified atom stereocenters. The first kappa shape index (κ1) is 31.2. The molecule has 5 rings (SSSR count). The minimum atomic E-state index is -0.428. The third kappa shape index (κ3) is 7.29. The normalized spacial score (nSPS) is 24.7. The fourth-order valence-electron chi connectivity index (χ4n) is 7.46. The van der Waals surface area contributed by atoms with Gasteiger partial charge < -0.3 is 19.7 Å². The summed E-state index contributed by atoms with van der Waals surface area (Å²) in [5.74, 6) is 0.954. The molecule has 2 aliphatic heterocycles. The molecule has 42 heavy (non-hydrogen) atoms. The van der Waals surface area contributed by atoms with Crippen molar-refractivity contribution in [2.75, 3.05) is 53.5 Å². The van der Waals surface area contributed by atoms with Crippen molar-refractivity contribution < 1.29 is 18.7 Å². The van der Waals surface area contributed by atoms with Crippen molar-refractivity contribution in [2.24, 2.45) is 0 Å². The Labute approximate surface area is 255 Å². The third-order valence-electron chi connectivity index (χ3n) is 10.0. The van der Waals surface area contributed by atoms with Crippen LogP contribution in [0.3, 0.4) is 0 Å². The number of Topliss-reactive ketones (excluding diaryl/α,β-unsaturated/α-hetero) is 1. The van der Waals surface area contributed by atoms with Crippen molar-refractivity contribution in [2.45, 2.75) is 81.7 Å². The summed E-state index contributed by atoms with van der Waals surface area (Å²) >= 11 is 6.31. The first-order chi connectivity index (χ1) is 20.4. The average Bonchev–Trinajstić information content (AvgIpc) is 3.26. The molecule has 3 aliphatic rings. The zero-order valence-electron chi connectivity index (χ0n) is 25.3. The largest absolute Gasteiger partial charge is 0.493 e. The molecule has 2 heterocycles. The zero-order chi connectivity index (χ0) is 29.5. The highest BCUT2D eigenvalue weighted by atomic mass is 35.5. The number of nitrogens with one attached hydrogen (secondary N) is 1. The SMILES string of the molecule is COc1ccc(C2(CCN3CCN(C4CCCCC4)CC3)CCCNC(C(=O)Cc3c(F)cccc3Cl)C2)cc1OC. The Bertz CT molecular complexity index is 1180. The number of ether oxygens (including phenoxy) is 2. The zero-order valence-corrected chi connectivity index (χ0v) is 26.1. The van der Waals surface area contributed by atoms with Crippen molar-refractivity contribution in [1.82, 2.24) is 15.1 Å². The first-order valence-corrected chi connectivity index (χ1v) is 16.2. The molecule has 2 aromatic rings. The quantitative estimate of drug-likeness (QED) is 0.360. The van der Waals surface area contributed by atoms with Crippen LogP contribution < -0.4 is 14.8 Å². The molecule has 8 heteroatoms. The van der Waals surface area contributed by atoms with Gasteiger partial charge >= 0.3 is 0 Å². The van der Waals surface area contributed by atoms with Crippen molar-refractivity contribution in [3.8, 4) is 11.5 Å². The van der Waals surface area contributed by atoms with Crippen molar-refractivity contribution in [3.63, 3.8) is 0 Å². The summed E-state index contributed by atoms with van der Waals surface area (Å²) in [6.07, 6.45) is 10.3. The number of carbonyl (C=O) groups excluding carboxylic acids is 1. The highest BCUT2D eigenvalue weighted by Gasteiger charge is 2.40. The van der Waals surface area contributed by atoms with Gasteiger partial charge in [0.2, 0.25) is 0 Å². The lowest BCUT2D eigenvalue weighted by molar-refractivity contribution is -0.120. The minimum absolute atomic E-state index is 0.0187. The second-order valence-corrected chi connectivity index (χ2v) is 12.8. The summed E-state index contributed by atoms with van der Waals surface area (Å²) in [5, 5.41) is 3.81. The Kier molecular flexibility index (Phi) is 10.8. The predicted octanol–water partition coefficient (Wildman–Crippen LogP) is 6.03. The van der Waals surface area contributed by atoms with Crippen LogP contribution in [0, 0.1) is 5.82 Å². The van der Waals surface area contributed by atoms with Gasteiger partial charge in [0.1, 0.15) is 5.82 Å². The van der Waals surface area contributed by atoms with Crippen LogP contribution in [-0.2, 0) is 16.6 Å². The molecule has 3 fully saturated rings. The second kappa shape index (κ2) is 14.5. The van der Waals surface area contributed by atoms with E-state index in [0.29, 0.717) is 22.9 Å². The second-order valence-electron chi connectivity index (χ2n) is 12.4. The lowest BCUT2D eigenvalue weighted by Gasteiger charge is -2.42. The third-order valence-corrected chi connectivity index (χ3v) is 10.4. The van der Waals surface area contributed by atoms with E-state index >= 15 is 0 Å². The molecule has 0 aromatic heterocycles. The molecule has 2 aromatic carbocycles. The summed E-state index contributed by atoms with van der Waals surface area (Å²) in [6, 6.07) is 11.2. The van der Waals surface area contributed by atoms with E-state index in [1.165, 1.54) is 43.7 Å². The Morgan fingerprint density at radius 1 is 1.02 bits per heavy atom. The highest BCUT2D eigenvalue weighted by Crippen LogP contribution is 2.43. The van der Waals surface area contributed by atoms with Gasteiger partial charge in [0.05, 0.1) is 20.3 Å². The maximum atomic E-state index is 14.6. The number of nitrogens with zero attached hydrogens (tertiary/aromatic N) is 2. The van der Waals surface area contributed by atoms with E-state index in [0.717, 1.165) is 64.6 Å². The van der Waals surface area contributed by atoms with Gasteiger partial charge in [-0.1, -0.05) is 43.0 Å². The maximum absolute atomic E-state index is 14.6. The predicted molar refractivity (Wildman–Crippen MR) is 166 cm³/mol. The molecular formula is C34H47ClFN3O3. The molecule has 1 N–H and O–H groups in total. The number of benzene rings is 2. The number of ketones is 1. The molecule has 0 radical (unpaired) electrons. The van der Waals surface area contributed by atoms with E-state index in [9.17, 15) is 9.18 Å². The molecule has 2 saturated heterocycles. The molecule has 1 saturated carbocycles. The van der Waals surface area contributed by atoms with E-state index in [4.69, 9.17) is 21.1 Å². The summed E-state index contributed by atoms with van der Waals surface area (Å²) < 4.78 is 25.9. The van der Waals surface area contributed by atoms with Crippen LogP contribution in [0.15, 0.2) is 36.4 Å². The molecule has 0 bridgehead atoms. The van der Waals surface area contributed by atoms with Crippen molar-refractivity contribution in [3.05, 3.63) is 58.4 Å². The molecule has 6 nitrogen and oxygen atoms in total. The molecular weight excluding hydrogens is 553 g/mol. The van der Waals surface area contributed by atoms with Crippen LogP contribution >= 0.6 is 11.6 Å². The van der Waals surface area contributed by atoms with Gasteiger partial charge in [0.25, 0.3) is 0 Å². The molecule has 0 spiro atoms. The van der Waals surface area contributed by atoms with Gasteiger partial charge in [-0.05, 0) is 86.9 Å². The lowest BCUT2D eigenvalue weighted by Crippen LogP contribution is -2.51. The van der Waals surface area contributed by atoms with Crippen LogP contribution in [-0.4, -0.2) is 81.2 Å². The average molecular weight is 600 g/mol.